The van der Waals surface area contributed by atoms with Gasteiger partial charge in [-0.3, -0.25) is 0 Å². The Balaban J connectivity index is 2.05. The first kappa shape index (κ1) is 12.9. The molecule has 0 N–H and O–H groups in total. The van der Waals surface area contributed by atoms with E-state index in [2.05, 4.69) is 27.5 Å². The Labute approximate surface area is 119 Å². The SMILES string of the molecule is Cc1cnc2c(c1)nc(CCl)n2CC1(C)CCCC1. The van der Waals surface area contributed by atoms with Gasteiger partial charge in [-0.05, 0) is 36.8 Å². The molecule has 0 aromatic carbocycles. The third kappa shape index (κ3) is 2.36. The van der Waals surface area contributed by atoms with Gasteiger partial charge in [0.1, 0.15) is 11.3 Å². The van der Waals surface area contributed by atoms with Gasteiger partial charge in [-0.1, -0.05) is 19.8 Å². The Morgan fingerprint density at radius 2 is 2.11 bits per heavy atom. The molecule has 0 spiro atoms. The Morgan fingerprint density at radius 3 is 2.79 bits per heavy atom. The van der Waals surface area contributed by atoms with E-state index in [-0.39, 0.29) is 0 Å². The zero-order valence-corrected chi connectivity index (χ0v) is 12.4. The number of alkyl halides is 1. The minimum atomic E-state index is 0.376. The molecule has 1 aliphatic rings. The van der Waals surface area contributed by atoms with Gasteiger partial charge in [-0.2, -0.15) is 0 Å². The van der Waals surface area contributed by atoms with Crippen LogP contribution in [0, 0.1) is 12.3 Å². The van der Waals surface area contributed by atoms with E-state index < -0.39 is 0 Å². The number of fused-ring (bicyclic) bond motifs is 1. The standard InChI is InChI=1S/C15H20ClN3/c1-11-7-12-14(17-9-11)19(13(8-16)18-12)10-15(2)5-3-4-6-15/h7,9H,3-6,8,10H2,1-2H3. The molecule has 2 aromatic heterocycles. The monoisotopic (exact) mass is 277 g/mol. The summed E-state index contributed by atoms with van der Waals surface area (Å²) in [4.78, 5) is 9.20. The van der Waals surface area contributed by atoms with E-state index in [1.54, 1.807) is 0 Å². The third-order valence-corrected chi connectivity index (χ3v) is 4.51. The lowest BCUT2D eigenvalue weighted by molar-refractivity contribution is 0.282. The van der Waals surface area contributed by atoms with Gasteiger partial charge < -0.3 is 4.57 Å². The van der Waals surface area contributed by atoms with E-state index in [1.807, 2.05) is 13.1 Å². The Hall–Kier alpha value is -1.09. The smallest absolute Gasteiger partial charge is 0.160 e. The fourth-order valence-corrected chi connectivity index (χ4v) is 3.40. The molecular weight excluding hydrogens is 258 g/mol. The van der Waals surface area contributed by atoms with Gasteiger partial charge in [-0.15, -0.1) is 11.6 Å². The quantitative estimate of drug-likeness (QED) is 0.792. The number of nitrogens with zero attached hydrogens (tertiary/aromatic N) is 3. The Morgan fingerprint density at radius 1 is 1.37 bits per heavy atom. The van der Waals surface area contributed by atoms with Crippen LogP contribution in [0.3, 0.4) is 0 Å². The number of hydrogen-bond donors (Lipinski definition) is 0. The first-order chi connectivity index (χ1) is 9.11. The van der Waals surface area contributed by atoms with Crippen LogP contribution in [0.1, 0.15) is 44.0 Å². The molecule has 0 saturated heterocycles. The van der Waals surface area contributed by atoms with Crippen LogP contribution in [0.5, 0.6) is 0 Å². The zero-order chi connectivity index (χ0) is 13.5. The molecular formula is C15H20ClN3. The summed E-state index contributed by atoms with van der Waals surface area (Å²) in [5.74, 6) is 1.40. The van der Waals surface area contributed by atoms with E-state index >= 15 is 0 Å². The molecule has 1 saturated carbocycles. The fraction of sp³-hybridized carbons (Fsp3) is 0.600. The summed E-state index contributed by atoms with van der Waals surface area (Å²) in [7, 11) is 0. The minimum Gasteiger partial charge on any atom is -0.311 e. The van der Waals surface area contributed by atoms with Gasteiger partial charge in [0.05, 0.1) is 5.88 Å². The molecule has 102 valence electrons. The van der Waals surface area contributed by atoms with Gasteiger partial charge in [-0.25, -0.2) is 9.97 Å². The first-order valence-corrected chi connectivity index (χ1v) is 7.52. The van der Waals surface area contributed by atoms with Crippen molar-refractivity contribution in [2.45, 2.75) is 52.0 Å². The van der Waals surface area contributed by atoms with E-state index in [4.69, 9.17) is 11.6 Å². The van der Waals surface area contributed by atoms with Crippen LogP contribution in [-0.4, -0.2) is 14.5 Å². The van der Waals surface area contributed by atoms with Gasteiger partial charge in [0, 0.05) is 12.7 Å². The number of aromatic nitrogens is 3. The summed E-state index contributed by atoms with van der Waals surface area (Å²) >= 11 is 6.06. The van der Waals surface area contributed by atoms with Crippen LogP contribution in [0.25, 0.3) is 11.2 Å². The van der Waals surface area contributed by atoms with Crippen molar-refractivity contribution in [3.63, 3.8) is 0 Å². The van der Waals surface area contributed by atoms with Gasteiger partial charge >= 0.3 is 0 Å². The van der Waals surface area contributed by atoms with Crippen molar-refractivity contribution in [1.82, 2.24) is 14.5 Å². The number of rotatable bonds is 3. The van der Waals surface area contributed by atoms with E-state index in [0.29, 0.717) is 11.3 Å². The molecule has 2 heterocycles. The molecule has 0 unspecified atom stereocenters. The van der Waals surface area contributed by atoms with Gasteiger partial charge in [0.15, 0.2) is 5.65 Å². The van der Waals surface area contributed by atoms with Crippen LogP contribution in [0.15, 0.2) is 12.3 Å². The van der Waals surface area contributed by atoms with Crippen LogP contribution >= 0.6 is 11.6 Å². The molecule has 1 aliphatic carbocycles. The van der Waals surface area contributed by atoms with E-state index in [1.165, 1.54) is 25.7 Å². The molecule has 0 radical (unpaired) electrons. The molecule has 2 aromatic rings. The molecule has 0 atom stereocenters. The van der Waals surface area contributed by atoms with Crippen LogP contribution in [0.2, 0.25) is 0 Å². The van der Waals surface area contributed by atoms with Gasteiger partial charge in [0.2, 0.25) is 0 Å². The summed E-state index contributed by atoms with van der Waals surface area (Å²) < 4.78 is 2.23. The van der Waals surface area contributed by atoms with Crippen molar-refractivity contribution in [1.29, 1.82) is 0 Å². The van der Waals surface area contributed by atoms with Crippen LogP contribution in [-0.2, 0) is 12.4 Å². The maximum atomic E-state index is 6.06. The molecule has 3 nitrogen and oxygen atoms in total. The number of pyridine rings is 1. The van der Waals surface area contributed by atoms with Crippen molar-refractivity contribution in [2.75, 3.05) is 0 Å². The highest BCUT2D eigenvalue weighted by molar-refractivity contribution is 6.16. The molecule has 0 aliphatic heterocycles. The average molecular weight is 278 g/mol. The second kappa shape index (κ2) is 4.78. The predicted octanol–water partition coefficient (Wildman–Crippen LogP) is 4.06. The summed E-state index contributed by atoms with van der Waals surface area (Å²) in [5.41, 5.74) is 3.47. The second-order valence-electron chi connectivity index (χ2n) is 6.12. The largest absolute Gasteiger partial charge is 0.311 e. The molecule has 0 amide bonds. The topological polar surface area (TPSA) is 30.7 Å². The highest BCUT2D eigenvalue weighted by Gasteiger charge is 2.30. The highest BCUT2D eigenvalue weighted by Crippen LogP contribution is 2.39. The molecule has 1 fully saturated rings. The summed E-state index contributed by atoms with van der Waals surface area (Å²) in [6.45, 7) is 5.41. The highest BCUT2D eigenvalue weighted by atomic mass is 35.5. The van der Waals surface area contributed by atoms with Crippen molar-refractivity contribution in [3.8, 4) is 0 Å². The average Bonchev–Trinajstić information content (AvgIpc) is 2.94. The fourth-order valence-electron chi connectivity index (χ4n) is 3.19. The Kier molecular flexibility index (Phi) is 3.25. The van der Waals surface area contributed by atoms with Gasteiger partial charge in [0.25, 0.3) is 0 Å². The third-order valence-electron chi connectivity index (χ3n) is 4.27. The lowest BCUT2D eigenvalue weighted by Crippen LogP contribution is -2.21. The summed E-state index contributed by atoms with van der Waals surface area (Å²) in [5, 5.41) is 0. The maximum absolute atomic E-state index is 6.06. The molecule has 19 heavy (non-hydrogen) atoms. The maximum Gasteiger partial charge on any atom is 0.160 e. The van der Waals surface area contributed by atoms with Crippen molar-refractivity contribution in [3.05, 3.63) is 23.7 Å². The van der Waals surface area contributed by atoms with Crippen LogP contribution < -0.4 is 0 Å². The lowest BCUT2D eigenvalue weighted by Gasteiger charge is -2.25. The number of aryl methyl sites for hydroxylation is 1. The normalized spacial score (nSPS) is 18.3. The molecule has 0 bridgehead atoms. The van der Waals surface area contributed by atoms with Crippen LogP contribution in [0.4, 0.5) is 0 Å². The zero-order valence-electron chi connectivity index (χ0n) is 11.6. The number of halogens is 1. The summed E-state index contributed by atoms with van der Waals surface area (Å²) in [6.07, 6.45) is 7.17. The van der Waals surface area contributed by atoms with E-state index in [9.17, 15) is 0 Å². The first-order valence-electron chi connectivity index (χ1n) is 6.99. The molecule has 4 heteroatoms. The summed E-state index contributed by atoms with van der Waals surface area (Å²) in [6, 6.07) is 2.09. The van der Waals surface area contributed by atoms with Crippen molar-refractivity contribution >= 4 is 22.8 Å². The lowest BCUT2D eigenvalue weighted by atomic mass is 9.89. The van der Waals surface area contributed by atoms with Crippen molar-refractivity contribution < 1.29 is 0 Å². The second-order valence-corrected chi connectivity index (χ2v) is 6.39. The molecule has 3 rings (SSSR count). The number of hydrogen-bond acceptors (Lipinski definition) is 2. The van der Waals surface area contributed by atoms with E-state index in [0.717, 1.165) is 29.1 Å². The minimum absolute atomic E-state index is 0.376. The van der Waals surface area contributed by atoms with Crippen molar-refractivity contribution in [2.24, 2.45) is 5.41 Å². The predicted molar refractivity (Wildman–Crippen MR) is 78.4 cm³/mol. The Bertz CT molecular complexity index is 597. The number of imidazole rings is 1.